The molecule has 38 heavy (non-hydrogen) atoms. The van der Waals surface area contributed by atoms with Crippen molar-refractivity contribution in [3.05, 3.63) is 75.4 Å². The van der Waals surface area contributed by atoms with Crippen molar-refractivity contribution < 1.29 is 19.1 Å². The maximum atomic E-state index is 12.9. The second kappa shape index (κ2) is 11.8. The number of nitrogens with zero attached hydrogens (tertiary/aromatic N) is 3. The van der Waals surface area contributed by atoms with Crippen LogP contribution in [-0.4, -0.2) is 39.5 Å². The number of aryl methyl sites for hydroxylation is 4. The highest BCUT2D eigenvalue weighted by atomic mass is 32.2. The van der Waals surface area contributed by atoms with Gasteiger partial charge in [-0.05, 0) is 56.0 Å². The first-order valence-corrected chi connectivity index (χ1v) is 13.8. The maximum absolute atomic E-state index is 12.9. The van der Waals surface area contributed by atoms with E-state index in [9.17, 15) is 9.59 Å². The van der Waals surface area contributed by atoms with E-state index in [1.54, 1.807) is 0 Å². The van der Waals surface area contributed by atoms with E-state index in [1.165, 1.54) is 30.2 Å². The third-order valence-corrected chi connectivity index (χ3v) is 7.99. The summed E-state index contributed by atoms with van der Waals surface area (Å²) in [7, 11) is 3.18. The molecule has 198 valence electrons. The van der Waals surface area contributed by atoms with Crippen LogP contribution in [-0.2, 0) is 23.2 Å². The Morgan fingerprint density at radius 2 is 1.71 bits per heavy atom. The monoisotopic (exact) mass is 550 g/mol. The van der Waals surface area contributed by atoms with Crippen LogP contribution in [0.1, 0.15) is 38.4 Å². The molecule has 0 unspecified atom stereocenters. The summed E-state index contributed by atoms with van der Waals surface area (Å²) in [4.78, 5) is 25.5. The Morgan fingerprint density at radius 1 is 1.00 bits per heavy atom. The van der Waals surface area contributed by atoms with Crippen LogP contribution in [0.3, 0.4) is 0 Å². The van der Waals surface area contributed by atoms with Crippen LogP contribution in [0.15, 0.2) is 46.9 Å². The molecule has 0 aliphatic heterocycles. The van der Waals surface area contributed by atoms with E-state index in [1.807, 2.05) is 81.1 Å². The molecule has 0 fully saturated rings. The van der Waals surface area contributed by atoms with Gasteiger partial charge in [0.15, 0.2) is 11.0 Å². The first-order chi connectivity index (χ1) is 18.2. The number of carbonyl (C=O) groups excluding carboxylic acids is 2. The van der Waals surface area contributed by atoms with Gasteiger partial charge in [0, 0.05) is 18.0 Å². The van der Waals surface area contributed by atoms with Gasteiger partial charge < -0.3 is 19.4 Å². The summed E-state index contributed by atoms with van der Waals surface area (Å²) >= 11 is 2.56. The number of anilines is 1. The Labute approximate surface area is 230 Å². The number of hydrogen-bond donors (Lipinski definition) is 1. The number of rotatable bonds is 9. The second-order valence-corrected chi connectivity index (χ2v) is 10.8. The van der Waals surface area contributed by atoms with E-state index >= 15 is 0 Å². The Balaban J connectivity index is 1.43. The van der Waals surface area contributed by atoms with Crippen molar-refractivity contribution in [2.45, 2.75) is 39.5 Å². The van der Waals surface area contributed by atoms with Gasteiger partial charge in [0.1, 0.15) is 22.9 Å². The molecule has 4 aromatic rings. The van der Waals surface area contributed by atoms with Gasteiger partial charge >= 0.3 is 5.97 Å². The predicted octanol–water partition coefficient (Wildman–Crippen LogP) is 5.87. The first kappa shape index (κ1) is 27.4. The molecular weight excluding hydrogens is 520 g/mol. The number of carbonyl (C=O) groups is 2. The summed E-state index contributed by atoms with van der Waals surface area (Å²) in [5.41, 5.74) is 6.31. The number of nitrogens with one attached hydrogen (secondary N) is 1. The van der Waals surface area contributed by atoms with Gasteiger partial charge in [0.25, 0.3) is 0 Å². The van der Waals surface area contributed by atoms with Crippen LogP contribution < -0.4 is 10.1 Å². The number of hydrogen-bond acceptors (Lipinski definition) is 8. The Bertz CT molecular complexity index is 1490. The van der Waals surface area contributed by atoms with Gasteiger partial charge in [0.2, 0.25) is 5.91 Å². The minimum absolute atomic E-state index is 0.0984. The van der Waals surface area contributed by atoms with Crippen molar-refractivity contribution in [1.29, 1.82) is 0 Å². The average molecular weight is 551 g/mol. The Morgan fingerprint density at radius 3 is 2.45 bits per heavy atom. The average Bonchev–Trinajstić information content (AvgIpc) is 3.47. The fourth-order valence-corrected chi connectivity index (χ4v) is 5.57. The molecule has 0 saturated heterocycles. The molecule has 8 nitrogen and oxygen atoms in total. The van der Waals surface area contributed by atoms with Gasteiger partial charge in [-0.3, -0.25) is 4.79 Å². The third kappa shape index (κ3) is 6.08. The molecule has 0 aliphatic rings. The Hall–Kier alpha value is -3.63. The van der Waals surface area contributed by atoms with E-state index in [0.717, 1.165) is 39.1 Å². The molecular formula is C28H30N4O4S2. The SMILES string of the molecule is COC(=O)c1c(-c2cc(C)ccc2C)csc1NC(=O)CSc1nnc(COc2cc(C)ccc2C)n1C. The van der Waals surface area contributed by atoms with E-state index in [-0.39, 0.29) is 18.3 Å². The molecule has 10 heteroatoms. The molecule has 0 radical (unpaired) electrons. The number of thioether (sulfide) groups is 1. The maximum Gasteiger partial charge on any atom is 0.341 e. The number of amides is 1. The lowest BCUT2D eigenvalue weighted by Crippen LogP contribution is -2.16. The Kier molecular flexibility index (Phi) is 8.53. The number of ether oxygens (including phenoxy) is 2. The lowest BCUT2D eigenvalue weighted by atomic mass is 9.97. The summed E-state index contributed by atoms with van der Waals surface area (Å²) in [6.45, 7) is 8.27. The summed E-state index contributed by atoms with van der Waals surface area (Å²) in [6, 6.07) is 12.1. The van der Waals surface area contributed by atoms with Gasteiger partial charge in [-0.15, -0.1) is 21.5 Å². The molecule has 1 amide bonds. The highest BCUT2D eigenvalue weighted by molar-refractivity contribution is 7.99. The van der Waals surface area contributed by atoms with Crippen molar-refractivity contribution in [2.24, 2.45) is 7.05 Å². The number of esters is 1. The number of thiophene rings is 1. The summed E-state index contributed by atoms with van der Waals surface area (Å²) in [5.74, 6) is 0.802. The van der Waals surface area contributed by atoms with E-state index < -0.39 is 5.97 Å². The van der Waals surface area contributed by atoms with Gasteiger partial charge in [-0.25, -0.2) is 4.79 Å². The normalized spacial score (nSPS) is 10.9. The smallest absolute Gasteiger partial charge is 0.341 e. The summed E-state index contributed by atoms with van der Waals surface area (Å²) in [6.07, 6.45) is 0. The highest BCUT2D eigenvalue weighted by Crippen LogP contribution is 2.38. The van der Waals surface area contributed by atoms with Crippen LogP contribution >= 0.6 is 23.1 Å². The topological polar surface area (TPSA) is 95.3 Å². The minimum atomic E-state index is -0.494. The van der Waals surface area contributed by atoms with Crippen molar-refractivity contribution in [1.82, 2.24) is 14.8 Å². The molecule has 0 saturated carbocycles. The van der Waals surface area contributed by atoms with Crippen LogP contribution in [0, 0.1) is 27.7 Å². The van der Waals surface area contributed by atoms with Gasteiger partial charge in [-0.2, -0.15) is 0 Å². The molecule has 0 spiro atoms. The van der Waals surface area contributed by atoms with E-state index in [0.29, 0.717) is 21.5 Å². The molecule has 0 bridgehead atoms. The largest absolute Gasteiger partial charge is 0.485 e. The van der Waals surface area contributed by atoms with Gasteiger partial charge in [0.05, 0.1) is 12.9 Å². The number of aromatic nitrogens is 3. The molecule has 4 rings (SSSR count). The number of methoxy groups -OCH3 is 1. The zero-order chi connectivity index (χ0) is 27.4. The molecule has 1 N–H and O–H groups in total. The first-order valence-electron chi connectivity index (χ1n) is 12.0. The summed E-state index contributed by atoms with van der Waals surface area (Å²) in [5, 5.41) is 14.2. The van der Waals surface area contributed by atoms with Crippen molar-refractivity contribution in [2.75, 3.05) is 18.2 Å². The van der Waals surface area contributed by atoms with E-state index in [2.05, 4.69) is 15.5 Å². The number of benzene rings is 2. The van der Waals surface area contributed by atoms with Crippen molar-refractivity contribution >= 4 is 40.0 Å². The van der Waals surface area contributed by atoms with Crippen LogP contribution in [0.25, 0.3) is 11.1 Å². The van der Waals surface area contributed by atoms with Crippen molar-refractivity contribution in [3.63, 3.8) is 0 Å². The second-order valence-electron chi connectivity index (χ2n) is 9.02. The highest BCUT2D eigenvalue weighted by Gasteiger charge is 2.23. The van der Waals surface area contributed by atoms with Crippen molar-refractivity contribution in [3.8, 4) is 16.9 Å². The molecule has 2 aromatic heterocycles. The lowest BCUT2D eigenvalue weighted by Gasteiger charge is -2.10. The molecule has 2 aromatic carbocycles. The van der Waals surface area contributed by atoms with E-state index in [4.69, 9.17) is 9.47 Å². The fourth-order valence-electron chi connectivity index (χ4n) is 3.87. The standard InChI is InChI=1S/C28H30N4O4S2/c1-16-7-9-18(3)20(11-16)21-14-37-26(25(21)27(34)35-6)29-24(33)15-38-28-31-30-23(32(28)5)13-36-22-12-17(2)8-10-19(22)4/h7-12,14H,13,15H2,1-6H3,(H,29,33). The molecule has 0 aliphatic carbocycles. The fraction of sp³-hybridized carbons (Fsp3) is 0.286. The molecule has 2 heterocycles. The third-order valence-electron chi connectivity index (χ3n) is 6.07. The predicted molar refractivity (Wildman–Crippen MR) is 151 cm³/mol. The molecule has 0 atom stereocenters. The van der Waals surface area contributed by atoms with Gasteiger partial charge in [-0.1, -0.05) is 47.7 Å². The zero-order valence-corrected chi connectivity index (χ0v) is 23.9. The zero-order valence-electron chi connectivity index (χ0n) is 22.2. The van der Waals surface area contributed by atoms with Crippen LogP contribution in [0.2, 0.25) is 0 Å². The lowest BCUT2D eigenvalue weighted by molar-refractivity contribution is -0.113. The van der Waals surface area contributed by atoms with Crippen LogP contribution in [0.5, 0.6) is 5.75 Å². The van der Waals surface area contributed by atoms with Crippen LogP contribution in [0.4, 0.5) is 5.00 Å². The summed E-state index contributed by atoms with van der Waals surface area (Å²) < 4.78 is 12.8. The quantitative estimate of drug-likeness (QED) is 0.206. The minimum Gasteiger partial charge on any atom is -0.485 e.